The standard InChI is InChI=1S/C11H24N2O2S/c1-3-4-8-15-9-5-6-12-11(16)13-7-10-14-2/h3-10H2,1-2H3,(H2,12,13,16). The Morgan fingerprint density at radius 1 is 1.06 bits per heavy atom. The maximum Gasteiger partial charge on any atom is 0.166 e. The highest BCUT2D eigenvalue weighted by molar-refractivity contribution is 7.80. The van der Waals surface area contributed by atoms with Crippen molar-refractivity contribution in [1.29, 1.82) is 0 Å². The predicted octanol–water partition coefficient (Wildman–Crippen LogP) is 1.30. The second kappa shape index (κ2) is 12.7. The van der Waals surface area contributed by atoms with Crippen LogP contribution in [-0.4, -0.2) is 45.1 Å². The highest BCUT2D eigenvalue weighted by atomic mass is 32.1. The van der Waals surface area contributed by atoms with E-state index in [9.17, 15) is 0 Å². The van der Waals surface area contributed by atoms with Gasteiger partial charge in [0, 0.05) is 33.4 Å². The molecule has 0 atom stereocenters. The zero-order valence-corrected chi connectivity index (χ0v) is 11.2. The van der Waals surface area contributed by atoms with Crippen LogP contribution in [0, 0.1) is 0 Å². The highest BCUT2D eigenvalue weighted by Gasteiger charge is 1.94. The minimum absolute atomic E-state index is 0.669. The number of methoxy groups -OCH3 is 1. The summed E-state index contributed by atoms with van der Waals surface area (Å²) >= 11 is 5.07. The van der Waals surface area contributed by atoms with E-state index in [1.165, 1.54) is 6.42 Å². The van der Waals surface area contributed by atoms with Crippen molar-refractivity contribution in [2.24, 2.45) is 0 Å². The summed E-state index contributed by atoms with van der Waals surface area (Å²) in [5, 5.41) is 6.85. The zero-order valence-electron chi connectivity index (χ0n) is 10.4. The van der Waals surface area contributed by atoms with Gasteiger partial charge in [-0.25, -0.2) is 0 Å². The fourth-order valence-corrected chi connectivity index (χ4v) is 1.26. The minimum atomic E-state index is 0.669. The van der Waals surface area contributed by atoms with E-state index in [-0.39, 0.29) is 0 Å². The Labute approximate surface area is 104 Å². The maximum absolute atomic E-state index is 5.43. The number of thiocarbonyl (C=S) groups is 1. The first-order valence-corrected chi connectivity index (χ1v) is 6.30. The third-order valence-electron chi connectivity index (χ3n) is 1.98. The topological polar surface area (TPSA) is 42.5 Å². The summed E-state index contributed by atoms with van der Waals surface area (Å²) in [5.41, 5.74) is 0. The smallest absolute Gasteiger partial charge is 0.166 e. The van der Waals surface area contributed by atoms with E-state index in [2.05, 4.69) is 17.6 Å². The van der Waals surface area contributed by atoms with Crippen molar-refractivity contribution in [2.75, 3.05) is 40.0 Å². The number of ether oxygens (including phenoxy) is 2. The number of nitrogens with one attached hydrogen (secondary N) is 2. The van der Waals surface area contributed by atoms with E-state index in [1.54, 1.807) is 7.11 Å². The van der Waals surface area contributed by atoms with Crippen molar-refractivity contribution < 1.29 is 9.47 Å². The molecule has 5 heteroatoms. The van der Waals surface area contributed by atoms with Gasteiger partial charge in [-0.15, -0.1) is 0 Å². The lowest BCUT2D eigenvalue weighted by molar-refractivity contribution is 0.129. The van der Waals surface area contributed by atoms with Gasteiger partial charge in [0.15, 0.2) is 5.11 Å². The third-order valence-corrected chi connectivity index (χ3v) is 2.27. The molecular weight excluding hydrogens is 224 g/mol. The van der Waals surface area contributed by atoms with Crippen LogP contribution in [-0.2, 0) is 9.47 Å². The molecule has 0 saturated heterocycles. The minimum Gasteiger partial charge on any atom is -0.383 e. The van der Waals surface area contributed by atoms with Gasteiger partial charge in [-0.1, -0.05) is 13.3 Å². The summed E-state index contributed by atoms with van der Waals surface area (Å²) in [5.74, 6) is 0. The summed E-state index contributed by atoms with van der Waals surface area (Å²) < 4.78 is 10.3. The average molecular weight is 248 g/mol. The molecule has 0 aliphatic rings. The molecule has 16 heavy (non-hydrogen) atoms. The van der Waals surface area contributed by atoms with Crippen LogP contribution >= 0.6 is 12.2 Å². The summed E-state index contributed by atoms with van der Waals surface area (Å²) in [6.45, 7) is 6.10. The van der Waals surface area contributed by atoms with Crippen LogP contribution in [0.5, 0.6) is 0 Å². The lowest BCUT2D eigenvalue weighted by atomic mass is 10.4. The normalized spacial score (nSPS) is 10.1. The van der Waals surface area contributed by atoms with Gasteiger partial charge in [0.1, 0.15) is 0 Å². The first-order valence-electron chi connectivity index (χ1n) is 5.89. The molecule has 0 heterocycles. The van der Waals surface area contributed by atoms with E-state index in [0.717, 1.165) is 39.1 Å². The Morgan fingerprint density at radius 2 is 1.75 bits per heavy atom. The Kier molecular flexibility index (Phi) is 12.4. The molecule has 0 spiro atoms. The molecular formula is C11H24N2O2S. The van der Waals surface area contributed by atoms with Gasteiger partial charge in [-0.2, -0.15) is 0 Å². The molecule has 0 radical (unpaired) electrons. The van der Waals surface area contributed by atoms with Crippen molar-refractivity contribution in [3.8, 4) is 0 Å². The fourth-order valence-electron chi connectivity index (χ4n) is 1.05. The monoisotopic (exact) mass is 248 g/mol. The number of hydrogen-bond acceptors (Lipinski definition) is 3. The zero-order chi connectivity index (χ0) is 12.1. The molecule has 0 unspecified atom stereocenters. The van der Waals surface area contributed by atoms with Crippen molar-refractivity contribution in [3.63, 3.8) is 0 Å². The summed E-state index contributed by atoms with van der Waals surface area (Å²) in [6.07, 6.45) is 3.31. The quantitative estimate of drug-likeness (QED) is 0.451. The van der Waals surface area contributed by atoms with Crippen molar-refractivity contribution in [2.45, 2.75) is 26.2 Å². The van der Waals surface area contributed by atoms with Gasteiger partial charge in [0.25, 0.3) is 0 Å². The molecule has 0 saturated carbocycles. The Hall–Kier alpha value is -0.390. The number of hydrogen-bond donors (Lipinski definition) is 2. The maximum atomic E-state index is 5.43. The van der Waals surface area contributed by atoms with Gasteiger partial charge in [0.2, 0.25) is 0 Å². The second-order valence-corrected chi connectivity index (χ2v) is 3.90. The number of unbranched alkanes of at least 4 members (excludes halogenated alkanes) is 1. The molecule has 0 aromatic rings. The van der Waals surface area contributed by atoms with Gasteiger partial charge in [0.05, 0.1) is 6.61 Å². The van der Waals surface area contributed by atoms with Crippen LogP contribution in [0.3, 0.4) is 0 Å². The van der Waals surface area contributed by atoms with Crippen molar-refractivity contribution >= 4 is 17.3 Å². The summed E-state index contributed by atoms with van der Waals surface area (Å²) in [4.78, 5) is 0. The Morgan fingerprint density at radius 3 is 2.44 bits per heavy atom. The molecule has 0 aromatic carbocycles. The van der Waals surface area contributed by atoms with Crippen LogP contribution in [0.15, 0.2) is 0 Å². The molecule has 0 bridgehead atoms. The lowest BCUT2D eigenvalue weighted by Gasteiger charge is -2.09. The summed E-state index contributed by atoms with van der Waals surface area (Å²) in [7, 11) is 1.67. The van der Waals surface area contributed by atoms with Crippen LogP contribution in [0.2, 0.25) is 0 Å². The lowest BCUT2D eigenvalue weighted by Crippen LogP contribution is -2.37. The number of rotatable bonds is 10. The summed E-state index contributed by atoms with van der Waals surface area (Å²) in [6, 6.07) is 0. The molecule has 0 amide bonds. The van der Waals surface area contributed by atoms with Crippen LogP contribution in [0.1, 0.15) is 26.2 Å². The molecule has 0 aliphatic carbocycles. The molecule has 96 valence electrons. The van der Waals surface area contributed by atoms with Gasteiger partial charge >= 0.3 is 0 Å². The third kappa shape index (κ3) is 11.7. The predicted molar refractivity (Wildman–Crippen MR) is 70.8 cm³/mol. The first kappa shape index (κ1) is 15.6. The average Bonchev–Trinajstić information content (AvgIpc) is 2.28. The first-order chi connectivity index (χ1) is 7.81. The van der Waals surface area contributed by atoms with Crippen LogP contribution in [0.25, 0.3) is 0 Å². The van der Waals surface area contributed by atoms with E-state index in [4.69, 9.17) is 21.7 Å². The molecule has 0 rings (SSSR count). The molecule has 0 fully saturated rings. The Balaban J connectivity index is 3.09. The van der Waals surface area contributed by atoms with E-state index >= 15 is 0 Å². The van der Waals surface area contributed by atoms with Crippen LogP contribution < -0.4 is 10.6 Å². The van der Waals surface area contributed by atoms with E-state index in [1.807, 2.05) is 0 Å². The van der Waals surface area contributed by atoms with E-state index in [0.29, 0.717) is 11.7 Å². The molecule has 0 aromatic heterocycles. The molecule has 4 nitrogen and oxygen atoms in total. The highest BCUT2D eigenvalue weighted by Crippen LogP contribution is 1.88. The van der Waals surface area contributed by atoms with E-state index < -0.39 is 0 Å². The largest absolute Gasteiger partial charge is 0.383 e. The SMILES string of the molecule is CCCCOCCCNC(=S)NCCOC. The second-order valence-electron chi connectivity index (χ2n) is 3.49. The van der Waals surface area contributed by atoms with Gasteiger partial charge < -0.3 is 20.1 Å². The van der Waals surface area contributed by atoms with Crippen molar-refractivity contribution in [3.05, 3.63) is 0 Å². The molecule has 2 N–H and O–H groups in total. The molecule has 0 aliphatic heterocycles. The Bertz CT molecular complexity index is 168. The van der Waals surface area contributed by atoms with Crippen LogP contribution in [0.4, 0.5) is 0 Å². The van der Waals surface area contributed by atoms with Gasteiger partial charge in [-0.05, 0) is 25.1 Å². The van der Waals surface area contributed by atoms with Gasteiger partial charge in [-0.3, -0.25) is 0 Å². The van der Waals surface area contributed by atoms with Crippen molar-refractivity contribution in [1.82, 2.24) is 10.6 Å². The fraction of sp³-hybridized carbons (Fsp3) is 0.909.